The summed E-state index contributed by atoms with van der Waals surface area (Å²) in [5.41, 5.74) is 7.14. The minimum absolute atomic E-state index is 0.267. The maximum Gasteiger partial charge on any atom is 0.0498 e. The van der Waals surface area contributed by atoms with Gasteiger partial charge in [0.2, 0.25) is 0 Å². The third-order valence-electron chi connectivity index (χ3n) is 6.73. The zero-order valence-corrected chi connectivity index (χ0v) is 13.7. The number of likely N-dealkylation sites (N-methyl/N-ethyl adjacent to an activating group) is 1. The lowest BCUT2D eigenvalue weighted by Gasteiger charge is -2.49. The second kappa shape index (κ2) is 5.26. The highest BCUT2D eigenvalue weighted by atomic mass is 15.3. The van der Waals surface area contributed by atoms with Gasteiger partial charge < -0.3 is 5.73 Å². The number of nitrogens with zero attached hydrogens (tertiary/aromatic N) is 2. The van der Waals surface area contributed by atoms with E-state index in [2.05, 4.69) is 30.7 Å². The van der Waals surface area contributed by atoms with Crippen molar-refractivity contribution in [2.45, 2.75) is 76.4 Å². The van der Waals surface area contributed by atoms with Gasteiger partial charge in [0.15, 0.2) is 0 Å². The van der Waals surface area contributed by atoms with Gasteiger partial charge in [0.25, 0.3) is 0 Å². The van der Waals surface area contributed by atoms with E-state index in [1.807, 2.05) is 0 Å². The van der Waals surface area contributed by atoms with E-state index >= 15 is 0 Å². The van der Waals surface area contributed by atoms with Gasteiger partial charge in [-0.05, 0) is 64.0 Å². The first-order valence-electron chi connectivity index (χ1n) is 8.66. The van der Waals surface area contributed by atoms with Crippen LogP contribution >= 0.6 is 0 Å². The topological polar surface area (TPSA) is 32.5 Å². The fraction of sp³-hybridized carbons (Fsp3) is 1.00. The molecule has 0 radical (unpaired) electrons. The molecule has 0 aromatic heterocycles. The van der Waals surface area contributed by atoms with Gasteiger partial charge in [0, 0.05) is 30.7 Å². The van der Waals surface area contributed by atoms with Crippen LogP contribution in [-0.4, -0.2) is 54.1 Å². The molecule has 2 atom stereocenters. The molecule has 0 bridgehead atoms. The molecule has 0 amide bonds. The second-order valence-electron chi connectivity index (χ2n) is 8.26. The molecule has 2 saturated heterocycles. The van der Waals surface area contributed by atoms with Crippen LogP contribution in [-0.2, 0) is 0 Å². The molecule has 2 aliphatic heterocycles. The summed E-state index contributed by atoms with van der Waals surface area (Å²) >= 11 is 0. The standard InChI is InChI=1S/C17H33N3/c1-16(2)8-6-14(7-9-16)19(3)17(13-18)10-12-20-11-4-5-15(17)20/h14-15H,4-13,18H2,1-3H3. The Morgan fingerprint density at radius 2 is 1.80 bits per heavy atom. The minimum Gasteiger partial charge on any atom is -0.329 e. The van der Waals surface area contributed by atoms with E-state index in [1.54, 1.807) is 0 Å². The van der Waals surface area contributed by atoms with E-state index in [4.69, 9.17) is 5.73 Å². The molecule has 3 heteroatoms. The lowest BCUT2D eigenvalue weighted by molar-refractivity contribution is 0.0194. The van der Waals surface area contributed by atoms with Crippen LogP contribution in [0, 0.1) is 5.41 Å². The molecule has 3 nitrogen and oxygen atoms in total. The maximum atomic E-state index is 6.32. The van der Waals surface area contributed by atoms with E-state index < -0.39 is 0 Å². The van der Waals surface area contributed by atoms with Crippen LogP contribution in [0.1, 0.15) is 58.8 Å². The van der Waals surface area contributed by atoms with E-state index in [1.165, 1.54) is 58.0 Å². The third kappa shape index (κ3) is 2.32. The first kappa shape index (κ1) is 14.8. The van der Waals surface area contributed by atoms with Gasteiger partial charge in [-0.15, -0.1) is 0 Å². The highest BCUT2D eigenvalue weighted by Crippen LogP contribution is 2.43. The van der Waals surface area contributed by atoms with Crippen molar-refractivity contribution in [1.82, 2.24) is 9.80 Å². The van der Waals surface area contributed by atoms with Gasteiger partial charge in [-0.25, -0.2) is 0 Å². The molecule has 2 heterocycles. The Morgan fingerprint density at radius 3 is 2.45 bits per heavy atom. The first-order valence-corrected chi connectivity index (χ1v) is 8.66. The van der Waals surface area contributed by atoms with Gasteiger partial charge >= 0.3 is 0 Å². The normalized spacial score (nSPS) is 38.5. The van der Waals surface area contributed by atoms with Gasteiger partial charge in [0.1, 0.15) is 0 Å². The van der Waals surface area contributed by atoms with E-state index in [0.29, 0.717) is 5.41 Å². The molecular weight excluding hydrogens is 246 g/mol. The zero-order chi connectivity index (χ0) is 14.4. The summed E-state index contributed by atoms with van der Waals surface area (Å²) in [5, 5.41) is 0. The molecule has 0 spiro atoms. The van der Waals surface area contributed by atoms with E-state index in [-0.39, 0.29) is 5.54 Å². The summed E-state index contributed by atoms with van der Waals surface area (Å²) in [4.78, 5) is 5.42. The smallest absolute Gasteiger partial charge is 0.0498 e. The van der Waals surface area contributed by atoms with Crippen molar-refractivity contribution in [3.63, 3.8) is 0 Å². The van der Waals surface area contributed by atoms with Crippen LogP contribution in [0.25, 0.3) is 0 Å². The fourth-order valence-electron chi connectivity index (χ4n) is 5.13. The lowest BCUT2D eigenvalue weighted by atomic mass is 9.74. The van der Waals surface area contributed by atoms with Gasteiger partial charge in [-0.3, -0.25) is 9.80 Å². The summed E-state index contributed by atoms with van der Waals surface area (Å²) in [6.07, 6.45) is 9.48. The summed E-state index contributed by atoms with van der Waals surface area (Å²) in [7, 11) is 2.37. The molecular formula is C17H33N3. The third-order valence-corrected chi connectivity index (χ3v) is 6.73. The Labute approximate surface area is 124 Å². The lowest BCUT2D eigenvalue weighted by Crippen LogP contribution is -2.61. The Morgan fingerprint density at radius 1 is 1.10 bits per heavy atom. The molecule has 1 saturated carbocycles. The summed E-state index contributed by atoms with van der Waals surface area (Å²) in [6, 6.07) is 1.49. The van der Waals surface area contributed by atoms with E-state index in [0.717, 1.165) is 18.6 Å². The molecule has 20 heavy (non-hydrogen) atoms. The van der Waals surface area contributed by atoms with Crippen LogP contribution in [0.2, 0.25) is 0 Å². The monoisotopic (exact) mass is 279 g/mol. The van der Waals surface area contributed by atoms with Crippen LogP contribution in [0.4, 0.5) is 0 Å². The summed E-state index contributed by atoms with van der Waals surface area (Å²) in [5.74, 6) is 0. The van der Waals surface area contributed by atoms with Crippen LogP contribution < -0.4 is 5.73 Å². The van der Waals surface area contributed by atoms with Crippen molar-refractivity contribution in [3.8, 4) is 0 Å². The van der Waals surface area contributed by atoms with Crippen molar-refractivity contribution in [2.75, 3.05) is 26.7 Å². The molecule has 0 aromatic carbocycles. The van der Waals surface area contributed by atoms with E-state index in [9.17, 15) is 0 Å². The Hall–Kier alpha value is -0.120. The highest BCUT2D eigenvalue weighted by molar-refractivity contribution is 5.10. The first-order chi connectivity index (χ1) is 9.48. The van der Waals surface area contributed by atoms with Gasteiger partial charge in [-0.1, -0.05) is 13.8 Å². The largest absolute Gasteiger partial charge is 0.329 e. The average Bonchev–Trinajstić information content (AvgIpc) is 3.00. The molecule has 3 fully saturated rings. The predicted octanol–water partition coefficient (Wildman–Crippen LogP) is 2.45. The second-order valence-corrected chi connectivity index (χ2v) is 8.26. The van der Waals surface area contributed by atoms with Crippen molar-refractivity contribution < 1.29 is 0 Å². The predicted molar refractivity (Wildman–Crippen MR) is 84.8 cm³/mol. The Kier molecular flexibility index (Phi) is 3.89. The van der Waals surface area contributed by atoms with Crippen LogP contribution in [0.3, 0.4) is 0 Å². The van der Waals surface area contributed by atoms with Crippen LogP contribution in [0.15, 0.2) is 0 Å². The van der Waals surface area contributed by atoms with Gasteiger partial charge in [-0.2, -0.15) is 0 Å². The maximum absolute atomic E-state index is 6.32. The van der Waals surface area contributed by atoms with Crippen molar-refractivity contribution >= 4 is 0 Å². The summed E-state index contributed by atoms with van der Waals surface area (Å²) in [6.45, 7) is 8.26. The highest BCUT2D eigenvalue weighted by Gasteiger charge is 2.52. The molecule has 2 unspecified atom stereocenters. The molecule has 0 aromatic rings. The van der Waals surface area contributed by atoms with Gasteiger partial charge in [0.05, 0.1) is 0 Å². The molecule has 2 N–H and O–H groups in total. The number of hydrogen-bond donors (Lipinski definition) is 1. The number of nitrogens with two attached hydrogens (primary N) is 1. The SMILES string of the molecule is CN(C1CCC(C)(C)CC1)C1(CN)CCN2CCCC21. The average molecular weight is 279 g/mol. The summed E-state index contributed by atoms with van der Waals surface area (Å²) < 4.78 is 0. The van der Waals surface area contributed by atoms with Crippen LogP contribution in [0.5, 0.6) is 0 Å². The van der Waals surface area contributed by atoms with Crippen molar-refractivity contribution in [3.05, 3.63) is 0 Å². The molecule has 1 aliphatic carbocycles. The number of rotatable bonds is 3. The fourth-order valence-corrected chi connectivity index (χ4v) is 5.13. The minimum atomic E-state index is 0.267. The van der Waals surface area contributed by atoms with Crippen molar-refractivity contribution in [1.29, 1.82) is 0 Å². The number of fused-ring (bicyclic) bond motifs is 1. The Balaban J connectivity index is 1.73. The Bertz CT molecular complexity index is 344. The zero-order valence-electron chi connectivity index (χ0n) is 13.7. The number of hydrogen-bond acceptors (Lipinski definition) is 3. The molecule has 3 rings (SSSR count). The molecule has 116 valence electrons. The quantitative estimate of drug-likeness (QED) is 0.861. The van der Waals surface area contributed by atoms with Crippen molar-refractivity contribution in [2.24, 2.45) is 11.1 Å². The molecule has 3 aliphatic rings.